The highest BCUT2D eigenvalue weighted by molar-refractivity contribution is 6.90. The van der Waals surface area contributed by atoms with Crippen LogP contribution in [0.1, 0.15) is 110 Å². The summed E-state index contributed by atoms with van der Waals surface area (Å²) in [6.45, 7) is 11.3. The van der Waals surface area contributed by atoms with Crippen molar-refractivity contribution >= 4 is 49.0 Å². The van der Waals surface area contributed by atoms with Crippen LogP contribution in [0.2, 0.25) is 10.1 Å². The predicted octanol–water partition coefficient (Wildman–Crippen LogP) is 2.90. The fourth-order valence-electron chi connectivity index (χ4n) is 6.01. The Balaban J connectivity index is 2.45. The summed E-state index contributed by atoms with van der Waals surface area (Å²) in [5.41, 5.74) is 6.21. The number of carbonyl (C=O) groups is 6. The molecule has 8 N–H and O–H groups in total. The average Bonchev–Trinajstić information content (AvgIpc) is 3.03. The lowest BCUT2D eigenvalue weighted by Gasteiger charge is -2.44. The van der Waals surface area contributed by atoms with Gasteiger partial charge >= 0.3 is 11.9 Å². The molecule has 0 aliphatic rings. The second kappa shape index (κ2) is 20.2. The third kappa shape index (κ3) is 13.9. The Morgan fingerprint density at radius 3 is 1.84 bits per heavy atom. The molecule has 0 spiro atoms. The van der Waals surface area contributed by atoms with Gasteiger partial charge in [0.1, 0.15) is 23.9 Å². The van der Waals surface area contributed by atoms with Gasteiger partial charge in [0.15, 0.2) is 0 Å². The number of ketones is 1. The Labute approximate surface area is 296 Å². The SMILES string of the molecule is CN[C@H](CCCCC(=O)CCC(=O)NCCCC[C@@H](NC(=O)[C@H](N)CNC(=O)c1ccc([Si](F)(C(C)(C)C)C(C)(C)C)cc1)C(=O)O)C(=O)O. The van der Waals surface area contributed by atoms with Gasteiger partial charge in [0.25, 0.3) is 14.3 Å². The Morgan fingerprint density at radius 1 is 0.780 bits per heavy atom. The first kappa shape index (κ1) is 44.3. The minimum Gasteiger partial charge on any atom is -0.480 e. The first-order valence-corrected chi connectivity index (χ1v) is 19.1. The van der Waals surface area contributed by atoms with Gasteiger partial charge in [-0.25, -0.2) is 4.79 Å². The number of Topliss-reactive ketones (excluding diaryl/α,β-unsaturated/α-hetero) is 1. The van der Waals surface area contributed by atoms with Gasteiger partial charge in [0.2, 0.25) is 11.8 Å². The van der Waals surface area contributed by atoms with E-state index in [0.717, 1.165) is 0 Å². The van der Waals surface area contributed by atoms with Gasteiger partial charge in [-0.1, -0.05) is 60.1 Å². The molecule has 0 saturated heterocycles. The van der Waals surface area contributed by atoms with E-state index in [2.05, 4.69) is 21.3 Å². The normalized spacial score (nSPS) is 13.9. The van der Waals surface area contributed by atoms with Gasteiger partial charge in [-0.3, -0.25) is 24.0 Å². The van der Waals surface area contributed by atoms with E-state index in [1.807, 2.05) is 41.5 Å². The molecule has 0 aliphatic carbocycles. The van der Waals surface area contributed by atoms with Crippen LogP contribution in [0.15, 0.2) is 24.3 Å². The summed E-state index contributed by atoms with van der Waals surface area (Å²) >= 11 is 0. The van der Waals surface area contributed by atoms with Crippen LogP contribution in [-0.4, -0.2) is 92.3 Å². The van der Waals surface area contributed by atoms with E-state index in [1.165, 1.54) is 0 Å². The highest BCUT2D eigenvalue weighted by Crippen LogP contribution is 2.51. The molecule has 0 aromatic heterocycles. The van der Waals surface area contributed by atoms with E-state index in [4.69, 9.17) is 10.8 Å². The van der Waals surface area contributed by atoms with Crippen LogP contribution in [0.5, 0.6) is 0 Å². The van der Waals surface area contributed by atoms with Crippen molar-refractivity contribution in [2.24, 2.45) is 5.73 Å². The second-order valence-corrected chi connectivity index (χ2v) is 19.7. The molecule has 50 heavy (non-hydrogen) atoms. The van der Waals surface area contributed by atoms with E-state index in [1.54, 1.807) is 31.3 Å². The number of amides is 3. The number of rotatable bonds is 22. The third-order valence-corrected chi connectivity index (χ3v) is 14.0. The number of carboxylic acid groups (broad SMARTS) is 2. The Bertz CT molecular complexity index is 1300. The third-order valence-electron chi connectivity index (χ3n) is 8.76. The van der Waals surface area contributed by atoms with Gasteiger partial charge in [0, 0.05) is 37.9 Å². The largest absolute Gasteiger partial charge is 0.480 e. The fraction of sp³-hybridized carbons (Fsp3) is 0.657. The molecule has 0 saturated carbocycles. The van der Waals surface area contributed by atoms with Crippen molar-refractivity contribution in [2.75, 3.05) is 20.1 Å². The average molecular weight is 724 g/mol. The van der Waals surface area contributed by atoms with Crippen LogP contribution in [0.4, 0.5) is 4.11 Å². The number of hydrogen-bond acceptors (Lipinski definition) is 8. The van der Waals surface area contributed by atoms with Crippen molar-refractivity contribution in [1.82, 2.24) is 21.3 Å². The Morgan fingerprint density at radius 2 is 1.32 bits per heavy atom. The summed E-state index contributed by atoms with van der Waals surface area (Å²) < 4.78 is 16.6. The molecule has 0 unspecified atom stereocenters. The van der Waals surface area contributed by atoms with Crippen molar-refractivity contribution in [2.45, 2.75) is 128 Å². The molecule has 1 aromatic carbocycles. The molecule has 1 rings (SSSR count). The zero-order valence-electron chi connectivity index (χ0n) is 30.6. The summed E-state index contributed by atoms with van der Waals surface area (Å²) in [5.74, 6) is -3.83. The zero-order valence-corrected chi connectivity index (χ0v) is 31.6. The van der Waals surface area contributed by atoms with Crippen LogP contribution in [0.25, 0.3) is 0 Å². The van der Waals surface area contributed by atoms with Crippen LogP contribution in [-0.2, 0) is 24.0 Å². The predicted molar refractivity (Wildman–Crippen MR) is 192 cm³/mol. The molecule has 0 heterocycles. The monoisotopic (exact) mass is 723 g/mol. The van der Waals surface area contributed by atoms with Crippen LogP contribution >= 0.6 is 0 Å². The topological polar surface area (TPSA) is 217 Å². The highest BCUT2D eigenvalue weighted by atomic mass is 28.4. The summed E-state index contributed by atoms with van der Waals surface area (Å²) in [4.78, 5) is 72.2. The maximum absolute atomic E-state index is 16.6. The van der Waals surface area contributed by atoms with E-state index >= 15 is 4.11 Å². The molecule has 3 amide bonds. The van der Waals surface area contributed by atoms with E-state index < -0.39 is 60.4 Å². The number of nitrogens with one attached hydrogen (secondary N) is 4. The van der Waals surface area contributed by atoms with E-state index in [9.17, 15) is 33.9 Å². The van der Waals surface area contributed by atoms with Crippen molar-refractivity contribution < 1.29 is 43.1 Å². The number of aliphatic carboxylic acids is 2. The summed E-state index contributed by atoms with van der Waals surface area (Å²) in [5, 5.41) is 28.4. The molecule has 0 radical (unpaired) electrons. The molecule has 0 aliphatic heterocycles. The molecular formula is C35H58FN5O8Si. The molecule has 0 fully saturated rings. The number of carbonyl (C=O) groups excluding carboxylic acids is 4. The van der Waals surface area contributed by atoms with Crippen molar-refractivity contribution in [3.63, 3.8) is 0 Å². The molecule has 0 bridgehead atoms. The summed E-state index contributed by atoms with van der Waals surface area (Å²) in [6, 6.07) is 3.29. The Kier molecular flexibility index (Phi) is 17.9. The van der Waals surface area contributed by atoms with Crippen LogP contribution in [0, 0.1) is 0 Å². The number of likely N-dealkylation sites (N-methyl/N-ethyl adjacent to an activating group) is 1. The van der Waals surface area contributed by atoms with Gasteiger partial charge in [-0.05, 0) is 66.5 Å². The molecule has 1 aromatic rings. The van der Waals surface area contributed by atoms with Gasteiger partial charge in [-0.15, -0.1) is 0 Å². The fourth-order valence-corrected chi connectivity index (χ4v) is 10.6. The first-order chi connectivity index (χ1) is 23.1. The molecule has 282 valence electrons. The second-order valence-electron chi connectivity index (χ2n) is 14.8. The van der Waals surface area contributed by atoms with Crippen LogP contribution < -0.4 is 32.2 Å². The number of nitrogens with two attached hydrogens (primary N) is 1. The minimum absolute atomic E-state index is 0.0227. The van der Waals surface area contributed by atoms with Gasteiger partial charge in [0.05, 0.1) is 0 Å². The van der Waals surface area contributed by atoms with Gasteiger partial charge < -0.3 is 41.3 Å². The standard InChI is InChI=1S/C35H58FN5O8Si/c1-34(2,3)50(36,35(4,5)6)25-18-15-23(16-19-25)30(44)40-22-26(37)31(45)41-28(33(48)49)14-10-11-21-39-29(43)20-17-24(42)12-8-9-13-27(38-7)32(46)47/h15-16,18-19,26-28,38H,8-14,17,20-22,37H2,1-7H3,(H,39,43)(H,40,44)(H,41,45)(H,46,47)(H,48,49)/t26-,27-,28-/m1/s1. The maximum atomic E-state index is 16.6. The smallest absolute Gasteiger partial charge is 0.326 e. The van der Waals surface area contributed by atoms with Crippen molar-refractivity contribution in [3.8, 4) is 0 Å². The van der Waals surface area contributed by atoms with E-state index in [-0.39, 0.29) is 56.0 Å². The number of carboxylic acids is 2. The summed E-state index contributed by atoms with van der Waals surface area (Å²) in [7, 11) is -1.93. The number of halogens is 1. The molecular weight excluding hydrogens is 665 g/mol. The lowest BCUT2D eigenvalue weighted by molar-refractivity contribution is -0.142. The number of unbranched alkanes of at least 4 members (excludes halogenated alkanes) is 2. The lowest BCUT2D eigenvalue weighted by atomic mass is 10.0. The Hall–Kier alpha value is -3.69. The maximum Gasteiger partial charge on any atom is 0.326 e. The minimum atomic E-state index is -3.50. The number of hydrogen-bond donors (Lipinski definition) is 7. The van der Waals surface area contributed by atoms with Crippen LogP contribution in [0.3, 0.4) is 0 Å². The zero-order chi connectivity index (χ0) is 38.3. The van der Waals surface area contributed by atoms with Gasteiger partial charge in [-0.2, -0.15) is 0 Å². The quantitative estimate of drug-likeness (QED) is 0.0527. The van der Waals surface area contributed by atoms with Crippen molar-refractivity contribution in [3.05, 3.63) is 29.8 Å². The molecule has 3 atom stereocenters. The van der Waals surface area contributed by atoms with Crippen molar-refractivity contribution in [1.29, 1.82) is 0 Å². The lowest BCUT2D eigenvalue weighted by Crippen LogP contribution is -2.57. The van der Waals surface area contributed by atoms with E-state index in [0.29, 0.717) is 37.3 Å². The molecule has 15 heteroatoms. The summed E-state index contributed by atoms with van der Waals surface area (Å²) in [6.07, 6.45) is 2.80. The molecule has 13 nitrogen and oxygen atoms in total. The highest BCUT2D eigenvalue weighted by Gasteiger charge is 2.56. The first-order valence-electron chi connectivity index (χ1n) is 17.2. The number of benzene rings is 1.